The Kier molecular flexibility index (Phi) is 14.0. The third-order valence-corrected chi connectivity index (χ3v) is 15.2. The lowest BCUT2D eigenvalue weighted by Crippen LogP contribution is -2.17. The Morgan fingerprint density at radius 2 is 0.840 bits per heavy atom. The van der Waals surface area contributed by atoms with Gasteiger partial charge >= 0.3 is 5.97 Å². The van der Waals surface area contributed by atoms with Gasteiger partial charge in [0.25, 0.3) is 0 Å². The van der Waals surface area contributed by atoms with E-state index >= 15 is 0 Å². The molecule has 0 aliphatic carbocycles. The van der Waals surface area contributed by atoms with E-state index in [1.165, 1.54) is 22.3 Å². The summed E-state index contributed by atoms with van der Waals surface area (Å²) in [6.07, 6.45) is 0. The molecule has 11 aromatic rings. The van der Waals surface area contributed by atoms with Gasteiger partial charge in [0, 0.05) is 44.2 Å². The van der Waals surface area contributed by atoms with E-state index < -0.39 is 5.97 Å². The van der Waals surface area contributed by atoms with E-state index in [0.717, 1.165) is 77.8 Å². The largest absolute Gasteiger partial charge is 0.457 e. The van der Waals surface area contributed by atoms with Gasteiger partial charge in [0.05, 0.1) is 33.7 Å². The van der Waals surface area contributed by atoms with E-state index in [1.807, 2.05) is 103 Å². The van der Waals surface area contributed by atoms with Crippen LogP contribution in [0, 0.1) is 0 Å². The number of aromatic nitrogens is 6. The summed E-state index contributed by atoms with van der Waals surface area (Å²) in [6, 6.07) is 66.6. The van der Waals surface area contributed by atoms with Crippen molar-refractivity contribution in [3.8, 4) is 73.8 Å². The van der Waals surface area contributed by atoms with Crippen molar-refractivity contribution < 1.29 is 9.53 Å². The molecular weight excluding hydrogens is 993 g/mol. The van der Waals surface area contributed by atoms with Crippen LogP contribution in [0.5, 0.6) is 0 Å². The monoisotopic (exact) mass is 1060 g/mol. The maximum Gasteiger partial charge on any atom is 0.338 e. The van der Waals surface area contributed by atoms with Crippen LogP contribution in [0.2, 0.25) is 0 Å². The first-order chi connectivity index (χ1) is 38.5. The van der Waals surface area contributed by atoms with Crippen LogP contribution in [0.3, 0.4) is 0 Å². The second kappa shape index (κ2) is 21.0. The summed E-state index contributed by atoms with van der Waals surface area (Å²) in [4.78, 5) is 41.1. The van der Waals surface area contributed by atoms with Crippen molar-refractivity contribution in [2.24, 2.45) is 0 Å². The van der Waals surface area contributed by atoms with E-state index in [9.17, 15) is 4.79 Å². The fraction of sp³-hybridized carbons (Fsp3) is 0.233. The van der Waals surface area contributed by atoms with Gasteiger partial charge in [-0.15, -0.1) is 0 Å². The lowest BCUT2D eigenvalue weighted by Gasteiger charge is -2.26. The summed E-state index contributed by atoms with van der Waals surface area (Å²) in [5, 5.41) is 1.89. The molecule has 0 amide bonds. The molecule has 3 aromatic heterocycles. The predicted molar refractivity (Wildman–Crippen MR) is 333 cm³/mol. The van der Waals surface area contributed by atoms with Crippen molar-refractivity contribution >= 4 is 27.8 Å². The zero-order valence-corrected chi connectivity index (χ0v) is 48.7. The Hall–Kier alpha value is -8.88. The highest BCUT2D eigenvalue weighted by atomic mass is 16.5. The van der Waals surface area contributed by atoms with Crippen molar-refractivity contribution in [2.45, 2.75) is 111 Å². The molecule has 0 radical (unpaired) electrons. The molecule has 0 spiro atoms. The normalized spacial score (nSPS) is 12.3. The Morgan fingerprint density at radius 1 is 0.383 bits per heavy atom. The Morgan fingerprint density at radius 3 is 1.38 bits per heavy atom. The van der Waals surface area contributed by atoms with Gasteiger partial charge in [0.2, 0.25) is 0 Å². The zero-order chi connectivity index (χ0) is 57.0. The SMILES string of the molecule is CC(C)(C)c1cc(-c2nc(-c3cc(C(C)(C)C)cc(C(C)(C)C)c3)nc(-c3cc(-c4cc(-c5ccccc5)nc(-c5ccccc5)n4)ccc3-n3c4ccccc4c4cc(C(=O)OCc5ccccc5)ccc43)n2)cc(C(C)(C)C)c1. The highest BCUT2D eigenvalue weighted by Crippen LogP contribution is 2.42. The number of benzene rings is 8. The molecule has 0 unspecified atom stereocenters. The molecule has 0 fully saturated rings. The maximum atomic E-state index is 13.9. The number of para-hydroxylation sites is 1. The minimum atomic E-state index is -0.391. The highest BCUT2D eigenvalue weighted by Gasteiger charge is 2.27. The highest BCUT2D eigenvalue weighted by molar-refractivity contribution is 6.11. The van der Waals surface area contributed by atoms with Crippen molar-refractivity contribution in [1.29, 1.82) is 0 Å². The number of ether oxygens (including phenoxy) is 1. The molecule has 11 rings (SSSR count). The Labute approximate surface area is 477 Å². The van der Waals surface area contributed by atoms with Crippen molar-refractivity contribution in [2.75, 3.05) is 0 Å². The molecule has 3 heterocycles. The summed E-state index contributed by atoms with van der Waals surface area (Å²) in [5.74, 6) is 1.86. The molecule has 8 aromatic carbocycles. The standard InChI is InChI=1S/C73H70N6O2/c1-70(2,3)53-36-51(37-54(42-53)71(4,5)6)66-76-67(52-38-55(72(7,8)9)43-56(39-52)73(10,11)12)78-68(77-66)59-40-49(61-44-60(47-26-18-14-19-27-47)74-65(75-61)48-28-20-15-21-29-48)32-34-64(59)79-62-31-23-22-30-57(62)58-41-50(33-35-63(58)79)69(80)81-45-46-24-16-13-17-25-46/h13-44H,45H2,1-12H3. The second-order valence-electron chi connectivity index (χ2n) is 25.5. The van der Waals surface area contributed by atoms with Gasteiger partial charge in [0.15, 0.2) is 23.3 Å². The molecule has 0 aliphatic rings. The van der Waals surface area contributed by atoms with Crippen LogP contribution in [-0.2, 0) is 33.0 Å². The van der Waals surface area contributed by atoms with E-state index in [1.54, 1.807) is 0 Å². The second-order valence-corrected chi connectivity index (χ2v) is 25.5. The van der Waals surface area contributed by atoms with Crippen LogP contribution < -0.4 is 0 Å². The minimum Gasteiger partial charge on any atom is -0.457 e. The van der Waals surface area contributed by atoms with E-state index in [-0.39, 0.29) is 28.3 Å². The number of carbonyl (C=O) groups excluding carboxylic acids is 1. The molecule has 0 N–H and O–H groups in total. The quantitative estimate of drug-likeness (QED) is 0.126. The summed E-state index contributed by atoms with van der Waals surface area (Å²) in [7, 11) is 0. The van der Waals surface area contributed by atoms with Gasteiger partial charge in [0.1, 0.15) is 6.61 Å². The van der Waals surface area contributed by atoms with Gasteiger partial charge in [-0.3, -0.25) is 0 Å². The molecule has 404 valence electrons. The molecule has 0 aliphatic heterocycles. The number of rotatable bonds is 10. The van der Waals surface area contributed by atoms with E-state index in [0.29, 0.717) is 28.9 Å². The summed E-state index contributed by atoms with van der Waals surface area (Å²) in [6.45, 7) is 27.3. The summed E-state index contributed by atoms with van der Waals surface area (Å²) in [5.41, 5.74) is 15.1. The number of carbonyl (C=O) groups is 1. The van der Waals surface area contributed by atoms with Gasteiger partial charge < -0.3 is 9.30 Å². The van der Waals surface area contributed by atoms with Crippen molar-refractivity contribution in [3.63, 3.8) is 0 Å². The molecule has 0 atom stereocenters. The predicted octanol–water partition coefficient (Wildman–Crippen LogP) is 18.3. The fourth-order valence-corrected chi connectivity index (χ4v) is 10.3. The number of hydrogen-bond donors (Lipinski definition) is 0. The smallest absolute Gasteiger partial charge is 0.338 e. The van der Waals surface area contributed by atoms with E-state index in [2.05, 4.69) is 179 Å². The molecule has 81 heavy (non-hydrogen) atoms. The maximum absolute atomic E-state index is 13.9. The summed E-state index contributed by atoms with van der Waals surface area (Å²) < 4.78 is 8.16. The number of hydrogen-bond acceptors (Lipinski definition) is 7. The molecule has 0 bridgehead atoms. The third kappa shape index (κ3) is 11.3. The Balaban J connectivity index is 1.21. The van der Waals surface area contributed by atoms with Crippen molar-refractivity contribution in [3.05, 3.63) is 228 Å². The average Bonchev–Trinajstić information content (AvgIpc) is 3.76. The fourth-order valence-electron chi connectivity index (χ4n) is 10.3. The topological polar surface area (TPSA) is 95.7 Å². The van der Waals surface area contributed by atoms with Crippen LogP contribution in [0.4, 0.5) is 0 Å². The van der Waals surface area contributed by atoms with Crippen LogP contribution in [0.15, 0.2) is 194 Å². The number of fused-ring (bicyclic) bond motifs is 3. The number of nitrogens with zero attached hydrogens (tertiary/aromatic N) is 6. The van der Waals surface area contributed by atoms with Crippen LogP contribution in [0.1, 0.15) is 121 Å². The lowest BCUT2D eigenvalue weighted by molar-refractivity contribution is 0.0473. The third-order valence-electron chi connectivity index (χ3n) is 15.2. The zero-order valence-electron chi connectivity index (χ0n) is 48.7. The van der Waals surface area contributed by atoms with Gasteiger partial charge in [-0.05, 0) is 116 Å². The van der Waals surface area contributed by atoms with Crippen molar-refractivity contribution in [1.82, 2.24) is 29.5 Å². The number of esters is 1. The first-order valence-electron chi connectivity index (χ1n) is 28.0. The van der Waals surface area contributed by atoms with Crippen LogP contribution >= 0.6 is 0 Å². The van der Waals surface area contributed by atoms with Crippen LogP contribution in [-0.4, -0.2) is 35.5 Å². The first kappa shape index (κ1) is 54.1. The van der Waals surface area contributed by atoms with Gasteiger partial charge in [-0.25, -0.2) is 29.7 Å². The molecule has 8 nitrogen and oxygen atoms in total. The Bertz CT molecular complexity index is 3940. The molecule has 0 saturated carbocycles. The lowest BCUT2D eigenvalue weighted by atomic mass is 9.79. The van der Waals surface area contributed by atoms with Crippen LogP contribution in [0.25, 0.3) is 95.6 Å². The average molecular weight is 1060 g/mol. The first-order valence-corrected chi connectivity index (χ1v) is 28.0. The van der Waals surface area contributed by atoms with Gasteiger partial charge in [-0.1, -0.05) is 210 Å². The molecular formula is C73H70N6O2. The summed E-state index contributed by atoms with van der Waals surface area (Å²) >= 11 is 0. The molecule has 8 heteroatoms. The molecule has 0 saturated heterocycles. The van der Waals surface area contributed by atoms with E-state index in [4.69, 9.17) is 29.7 Å². The minimum absolute atomic E-state index is 0.164. The van der Waals surface area contributed by atoms with Gasteiger partial charge in [-0.2, -0.15) is 0 Å².